The molecule has 0 saturated carbocycles. The lowest BCUT2D eigenvalue weighted by Crippen LogP contribution is -2.32. The molecule has 1 unspecified atom stereocenters. The monoisotopic (exact) mass is 400 g/mol. The second-order valence-corrected chi connectivity index (χ2v) is 6.80. The minimum Gasteiger partial charge on any atom is -0.497 e. The molecule has 0 saturated heterocycles. The number of nitrogens with two attached hydrogens (primary N) is 1. The Morgan fingerprint density at radius 1 is 0.966 bits per heavy atom. The van der Waals surface area contributed by atoms with Gasteiger partial charge in [-0.25, -0.2) is 0 Å². The lowest BCUT2D eigenvalue weighted by molar-refractivity contribution is -0.122. The molecular formula is C23H32N2O4. The zero-order valence-electron chi connectivity index (χ0n) is 17.8. The molecule has 6 nitrogen and oxygen atoms in total. The Hall–Kier alpha value is -2.73. The van der Waals surface area contributed by atoms with E-state index in [1.807, 2.05) is 43.3 Å². The zero-order valence-corrected chi connectivity index (χ0v) is 17.8. The van der Waals surface area contributed by atoms with E-state index in [9.17, 15) is 4.79 Å². The summed E-state index contributed by atoms with van der Waals surface area (Å²) in [5.74, 6) is 1.92. The summed E-state index contributed by atoms with van der Waals surface area (Å²) in [5, 5.41) is 0. The predicted molar refractivity (Wildman–Crippen MR) is 116 cm³/mol. The van der Waals surface area contributed by atoms with Crippen LogP contribution in [0.5, 0.6) is 17.2 Å². The maximum atomic E-state index is 13.6. The van der Waals surface area contributed by atoms with Gasteiger partial charge in [0, 0.05) is 17.7 Å². The third-order valence-corrected chi connectivity index (χ3v) is 5.03. The van der Waals surface area contributed by atoms with Crippen LogP contribution in [0.3, 0.4) is 0 Å². The highest BCUT2D eigenvalue weighted by molar-refractivity contribution is 6.03. The summed E-state index contributed by atoms with van der Waals surface area (Å²) in [6.45, 7) is 2.68. The Kier molecular flexibility index (Phi) is 8.80. The van der Waals surface area contributed by atoms with Crippen molar-refractivity contribution in [3.63, 3.8) is 0 Å². The van der Waals surface area contributed by atoms with Gasteiger partial charge in [-0.1, -0.05) is 13.3 Å². The maximum Gasteiger partial charge on any atom is 0.234 e. The fourth-order valence-electron chi connectivity index (χ4n) is 3.31. The number of carbonyl (C=O) groups excluding carboxylic acids is 1. The smallest absolute Gasteiger partial charge is 0.234 e. The van der Waals surface area contributed by atoms with Crippen molar-refractivity contribution < 1.29 is 19.0 Å². The molecule has 0 aromatic heterocycles. The van der Waals surface area contributed by atoms with Crippen LogP contribution in [-0.4, -0.2) is 33.8 Å². The molecule has 0 aliphatic heterocycles. The van der Waals surface area contributed by atoms with E-state index >= 15 is 0 Å². The molecule has 2 rings (SSSR count). The number of hydrogen-bond donors (Lipinski definition) is 1. The van der Waals surface area contributed by atoms with E-state index in [1.54, 1.807) is 32.3 Å². The van der Waals surface area contributed by atoms with Crippen LogP contribution in [0.4, 0.5) is 11.4 Å². The van der Waals surface area contributed by atoms with Crippen LogP contribution in [0.2, 0.25) is 0 Å². The van der Waals surface area contributed by atoms with Gasteiger partial charge in [0.15, 0.2) is 0 Å². The zero-order chi connectivity index (χ0) is 21.2. The van der Waals surface area contributed by atoms with Crippen LogP contribution in [0.1, 0.15) is 32.6 Å². The van der Waals surface area contributed by atoms with E-state index in [-0.39, 0.29) is 11.8 Å². The highest BCUT2D eigenvalue weighted by atomic mass is 16.5. The number of methoxy groups -OCH3 is 3. The molecular weight excluding hydrogens is 368 g/mol. The maximum absolute atomic E-state index is 13.6. The largest absolute Gasteiger partial charge is 0.497 e. The van der Waals surface area contributed by atoms with E-state index in [1.165, 1.54) is 0 Å². The number of unbranched alkanes of at least 4 members (excludes halogenated alkanes) is 1. The fraction of sp³-hybridized carbons (Fsp3) is 0.435. The van der Waals surface area contributed by atoms with Gasteiger partial charge in [-0.15, -0.1) is 0 Å². The normalized spacial score (nSPS) is 11.6. The topological polar surface area (TPSA) is 74.0 Å². The van der Waals surface area contributed by atoms with Crippen molar-refractivity contribution >= 4 is 17.3 Å². The number of carbonyl (C=O) groups is 1. The molecule has 2 N–H and O–H groups in total. The van der Waals surface area contributed by atoms with Crippen molar-refractivity contribution in [3.8, 4) is 17.2 Å². The van der Waals surface area contributed by atoms with Crippen LogP contribution < -0.4 is 24.8 Å². The van der Waals surface area contributed by atoms with Crippen LogP contribution >= 0.6 is 0 Å². The number of benzene rings is 2. The number of rotatable bonds is 11. The first kappa shape index (κ1) is 22.6. The summed E-state index contributed by atoms with van der Waals surface area (Å²) < 4.78 is 16.2. The fourth-order valence-corrected chi connectivity index (χ4v) is 3.31. The SMILES string of the molecule is CCC(CCCCN)C(=O)N(c1ccc(OC)cc1)c1ccc(OC)cc1OC. The lowest BCUT2D eigenvalue weighted by Gasteiger charge is -2.29. The first-order valence-electron chi connectivity index (χ1n) is 9.99. The number of ether oxygens (including phenoxy) is 3. The summed E-state index contributed by atoms with van der Waals surface area (Å²) in [5.41, 5.74) is 7.07. The molecule has 0 aliphatic carbocycles. The van der Waals surface area contributed by atoms with E-state index in [4.69, 9.17) is 19.9 Å². The van der Waals surface area contributed by atoms with Crippen LogP contribution in [0, 0.1) is 5.92 Å². The van der Waals surface area contributed by atoms with E-state index < -0.39 is 0 Å². The van der Waals surface area contributed by atoms with Gasteiger partial charge in [0.05, 0.1) is 27.0 Å². The molecule has 0 spiro atoms. The summed E-state index contributed by atoms with van der Waals surface area (Å²) >= 11 is 0. The third kappa shape index (κ3) is 5.64. The molecule has 0 aliphatic rings. The average Bonchev–Trinajstić information content (AvgIpc) is 2.77. The molecule has 2 aromatic carbocycles. The van der Waals surface area contributed by atoms with Gasteiger partial charge in [-0.3, -0.25) is 9.69 Å². The number of hydrogen-bond acceptors (Lipinski definition) is 5. The lowest BCUT2D eigenvalue weighted by atomic mass is 9.96. The standard InChI is InChI=1S/C23H32N2O4/c1-5-17(8-6-7-15-24)23(26)25(18-9-11-19(27-2)12-10-18)21-14-13-20(28-3)16-22(21)29-4/h9-14,16-17H,5-8,15,24H2,1-4H3. The van der Waals surface area contributed by atoms with Gasteiger partial charge in [0.2, 0.25) is 5.91 Å². The van der Waals surface area contributed by atoms with Gasteiger partial charge in [-0.05, 0) is 62.2 Å². The van der Waals surface area contributed by atoms with E-state index in [2.05, 4.69) is 0 Å². The quantitative estimate of drug-likeness (QED) is 0.561. The third-order valence-electron chi connectivity index (χ3n) is 5.03. The highest BCUT2D eigenvalue weighted by Gasteiger charge is 2.27. The summed E-state index contributed by atoms with van der Waals surface area (Å²) in [6.07, 6.45) is 3.40. The van der Waals surface area contributed by atoms with Gasteiger partial charge in [0.1, 0.15) is 17.2 Å². The predicted octanol–water partition coefficient (Wildman–Crippen LogP) is 4.53. The Morgan fingerprint density at radius 3 is 2.17 bits per heavy atom. The molecule has 158 valence electrons. The summed E-state index contributed by atoms with van der Waals surface area (Å²) in [7, 11) is 4.81. The van der Waals surface area contributed by atoms with Crippen molar-refractivity contribution in [2.75, 3.05) is 32.8 Å². The minimum absolute atomic E-state index is 0.0400. The van der Waals surface area contributed by atoms with Crippen LogP contribution in [0.15, 0.2) is 42.5 Å². The Balaban J connectivity index is 2.49. The number of amides is 1. The summed E-state index contributed by atoms with van der Waals surface area (Å²) in [4.78, 5) is 15.4. The molecule has 0 fully saturated rings. The molecule has 29 heavy (non-hydrogen) atoms. The first-order valence-corrected chi connectivity index (χ1v) is 9.99. The Labute approximate surface area is 173 Å². The highest BCUT2D eigenvalue weighted by Crippen LogP contribution is 2.38. The number of nitrogens with zero attached hydrogens (tertiary/aromatic N) is 1. The summed E-state index contributed by atoms with van der Waals surface area (Å²) in [6, 6.07) is 12.9. The minimum atomic E-state index is -0.101. The Morgan fingerprint density at radius 2 is 1.62 bits per heavy atom. The van der Waals surface area contributed by atoms with Gasteiger partial charge in [0.25, 0.3) is 0 Å². The van der Waals surface area contributed by atoms with Gasteiger partial charge >= 0.3 is 0 Å². The first-order chi connectivity index (χ1) is 14.1. The molecule has 1 atom stereocenters. The van der Waals surface area contributed by atoms with Crippen LogP contribution in [-0.2, 0) is 4.79 Å². The second kappa shape index (κ2) is 11.3. The molecule has 0 radical (unpaired) electrons. The van der Waals surface area contributed by atoms with E-state index in [0.29, 0.717) is 23.7 Å². The molecule has 0 heterocycles. The second-order valence-electron chi connectivity index (χ2n) is 6.80. The van der Waals surface area contributed by atoms with Crippen molar-refractivity contribution in [1.82, 2.24) is 0 Å². The Bertz CT molecular complexity index is 777. The van der Waals surface area contributed by atoms with Crippen molar-refractivity contribution in [3.05, 3.63) is 42.5 Å². The van der Waals surface area contributed by atoms with Crippen molar-refractivity contribution in [2.45, 2.75) is 32.6 Å². The van der Waals surface area contributed by atoms with Crippen molar-refractivity contribution in [2.24, 2.45) is 11.7 Å². The van der Waals surface area contributed by atoms with Gasteiger partial charge in [-0.2, -0.15) is 0 Å². The molecule has 0 bridgehead atoms. The molecule has 1 amide bonds. The molecule has 6 heteroatoms. The van der Waals surface area contributed by atoms with Crippen molar-refractivity contribution in [1.29, 1.82) is 0 Å². The van der Waals surface area contributed by atoms with E-state index in [0.717, 1.165) is 37.1 Å². The molecule has 2 aromatic rings. The average molecular weight is 401 g/mol. The number of anilines is 2. The van der Waals surface area contributed by atoms with Gasteiger partial charge < -0.3 is 19.9 Å². The van der Waals surface area contributed by atoms with Crippen LogP contribution in [0.25, 0.3) is 0 Å².